The molecule has 1 aliphatic rings. The van der Waals surface area contributed by atoms with E-state index in [0.717, 1.165) is 12.2 Å². The molecule has 112 valence electrons. The van der Waals surface area contributed by atoms with Crippen LogP contribution in [0.1, 0.15) is 35.2 Å². The molecule has 3 nitrogen and oxygen atoms in total. The SMILES string of the molecule is O=C(NCC1CCCCS1)c1cc(C#CCO)ccc1F. The van der Waals surface area contributed by atoms with E-state index in [9.17, 15) is 9.18 Å². The largest absolute Gasteiger partial charge is 0.384 e. The molecule has 2 rings (SSSR count). The van der Waals surface area contributed by atoms with E-state index < -0.39 is 11.7 Å². The molecule has 1 saturated heterocycles. The van der Waals surface area contributed by atoms with Crippen LogP contribution in [0, 0.1) is 17.7 Å². The van der Waals surface area contributed by atoms with E-state index in [1.807, 2.05) is 11.8 Å². The van der Waals surface area contributed by atoms with Crippen molar-refractivity contribution in [1.29, 1.82) is 0 Å². The van der Waals surface area contributed by atoms with Gasteiger partial charge < -0.3 is 10.4 Å². The van der Waals surface area contributed by atoms with E-state index in [-0.39, 0.29) is 12.2 Å². The molecule has 1 fully saturated rings. The molecule has 5 heteroatoms. The van der Waals surface area contributed by atoms with Crippen molar-refractivity contribution in [2.45, 2.75) is 24.5 Å². The lowest BCUT2D eigenvalue weighted by Gasteiger charge is -2.21. The Bertz CT molecular complexity index is 559. The molecular weight excluding hydrogens is 289 g/mol. The third-order valence-corrected chi connectivity index (χ3v) is 4.69. The number of amides is 1. The van der Waals surface area contributed by atoms with E-state index in [0.29, 0.717) is 17.4 Å². The molecule has 0 bridgehead atoms. The average Bonchev–Trinajstić information content (AvgIpc) is 2.53. The van der Waals surface area contributed by atoms with Gasteiger partial charge in [-0.25, -0.2) is 4.39 Å². The number of nitrogens with one attached hydrogen (secondary N) is 1. The highest BCUT2D eigenvalue weighted by atomic mass is 32.2. The van der Waals surface area contributed by atoms with Gasteiger partial charge in [0, 0.05) is 17.4 Å². The molecule has 1 aliphatic heterocycles. The van der Waals surface area contributed by atoms with Crippen LogP contribution in [0.25, 0.3) is 0 Å². The summed E-state index contributed by atoms with van der Waals surface area (Å²) in [6.45, 7) is 0.299. The molecule has 21 heavy (non-hydrogen) atoms. The van der Waals surface area contributed by atoms with Crippen molar-refractivity contribution in [2.75, 3.05) is 18.9 Å². The highest BCUT2D eigenvalue weighted by molar-refractivity contribution is 7.99. The first-order chi connectivity index (χ1) is 10.2. The topological polar surface area (TPSA) is 49.3 Å². The number of hydrogen-bond donors (Lipinski definition) is 2. The van der Waals surface area contributed by atoms with E-state index in [1.165, 1.54) is 31.0 Å². The maximum atomic E-state index is 13.7. The Morgan fingerprint density at radius 2 is 2.33 bits per heavy atom. The van der Waals surface area contributed by atoms with Crippen LogP contribution in [-0.4, -0.2) is 35.2 Å². The fraction of sp³-hybridized carbons (Fsp3) is 0.438. The van der Waals surface area contributed by atoms with Crippen molar-refractivity contribution in [3.63, 3.8) is 0 Å². The fourth-order valence-electron chi connectivity index (χ4n) is 2.19. The van der Waals surface area contributed by atoms with Gasteiger partial charge in [0.1, 0.15) is 12.4 Å². The van der Waals surface area contributed by atoms with Gasteiger partial charge in [-0.15, -0.1) is 0 Å². The van der Waals surface area contributed by atoms with Gasteiger partial charge in [-0.3, -0.25) is 4.79 Å². The van der Waals surface area contributed by atoms with Crippen LogP contribution in [-0.2, 0) is 0 Å². The Morgan fingerprint density at radius 1 is 1.48 bits per heavy atom. The van der Waals surface area contributed by atoms with Gasteiger partial charge in [0.2, 0.25) is 0 Å². The highest BCUT2D eigenvalue weighted by Gasteiger charge is 2.17. The molecule has 0 spiro atoms. The molecular formula is C16H18FNO2S. The Kier molecular flexibility index (Phi) is 6.09. The van der Waals surface area contributed by atoms with E-state index >= 15 is 0 Å². The lowest BCUT2D eigenvalue weighted by atomic mass is 10.1. The monoisotopic (exact) mass is 307 g/mol. The summed E-state index contributed by atoms with van der Waals surface area (Å²) in [6, 6.07) is 4.14. The standard InChI is InChI=1S/C16H18FNO2S/c17-15-7-6-12(4-3-8-19)10-14(15)16(20)18-11-13-5-1-2-9-21-13/h6-7,10,13,19H,1-2,5,8-9,11H2,(H,18,20). The maximum Gasteiger partial charge on any atom is 0.254 e. The summed E-state index contributed by atoms with van der Waals surface area (Å²) in [5, 5.41) is 11.9. The lowest BCUT2D eigenvalue weighted by Crippen LogP contribution is -2.32. The van der Waals surface area contributed by atoms with Crippen LogP contribution in [0.2, 0.25) is 0 Å². The quantitative estimate of drug-likeness (QED) is 0.842. The van der Waals surface area contributed by atoms with Gasteiger partial charge in [0.25, 0.3) is 5.91 Å². The second kappa shape index (κ2) is 8.06. The fourth-order valence-corrected chi connectivity index (χ4v) is 3.43. The number of carbonyl (C=O) groups is 1. The van der Waals surface area contributed by atoms with Crippen LogP contribution >= 0.6 is 11.8 Å². The number of rotatable bonds is 3. The Balaban J connectivity index is 2.00. The van der Waals surface area contributed by atoms with Crippen LogP contribution in [0.3, 0.4) is 0 Å². The summed E-state index contributed by atoms with van der Waals surface area (Å²) in [7, 11) is 0. The lowest BCUT2D eigenvalue weighted by molar-refractivity contribution is 0.0949. The summed E-state index contributed by atoms with van der Waals surface area (Å²) in [5.41, 5.74) is 0.517. The van der Waals surface area contributed by atoms with Gasteiger partial charge >= 0.3 is 0 Å². The van der Waals surface area contributed by atoms with E-state index in [4.69, 9.17) is 5.11 Å². The van der Waals surface area contributed by atoms with E-state index in [2.05, 4.69) is 17.2 Å². The predicted octanol–water partition coefficient (Wildman–Crippen LogP) is 2.19. The van der Waals surface area contributed by atoms with Crippen molar-refractivity contribution in [2.24, 2.45) is 0 Å². The first kappa shape index (κ1) is 15.9. The molecule has 1 atom stereocenters. The van der Waals surface area contributed by atoms with Gasteiger partial charge in [-0.05, 0) is 36.8 Å². The normalized spacial score (nSPS) is 17.7. The third kappa shape index (κ3) is 4.76. The van der Waals surface area contributed by atoms with Crippen LogP contribution < -0.4 is 5.32 Å². The van der Waals surface area contributed by atoms with Crippen molar-refractivity contribution in [3.05, 3.63) is 35.1 Å². The van der Waals surface area contributed by atoms with Gasteiger partial charge in [-0.2, -0.15) is 11.8 Å². The molecule has 1 aromatic rings. The first-order valence-electron chi connectivity index (χ1n) is 7.00. The van der Waals surface area contributed by atoms with Gasteiger partial charge in [-0.1, -0.05) is 18.3 Å². The molecule has 0 saturated carbocycles. The van der Waals surface area contributed by atoms with Crippen LogP contribution in [0.5, 0.6) is 0 Å². The minimum absolute atomic E-state index is 0.000509. The maximum absolute atomic E-state index is 13.7. The molecule has 1 heterocycles. The summed E-state index contributed by atoms with van der Waals surface area (Å²) in [4.78, 5) is 12.1. The number of benzene rings is 1. The zero-order valence-corrected chi connectivity index (χ0v) is 12.5. The summed E-state index contributed by atoms with van der Waals surface area (Å²) < 4.78 is 13.7. The second-order valence-corrected chi connectivity index (χ2v) is 6.26. The first-order valence-corrected chi connectivity index (χ1v) is 8.04. The number of thioether (sulfide) groups is 1. The molecule has 1 unspecified atom stereocenters. The van der Waals surface area contributed by atoms with Crippen molar-refractivity contribution >= 4 is 17.7 Å². The number of aliphatic hydroxyl groups is 1. The van der Waals surface area contributed by atoms with E-state index in [1.54, 1.807) is 0 Å². The minimum Gasteiger partial charge on any atom is -0.384 e. The zero-order valence-electron chi connectivity index (χ0n) is 11.7. The van der Waals surface area contributed by atoms with Gasteiger partial charge in [0.15, 0.2) is 0 Å². The number of aliphatic hydroxyl groups excluding tert-OH is 1. The smallest absolute Gasteiger partial charge is 0.254 e. The predicted molar refractivity (Wildman–Crippen MR) is 82.8 cm³/mol. The molecule has 0 radical (unpaired) electrons. The molecule has 0 aliphatic carbocycles. The molecule has 1 amide bonds. The number of halogens is 1. The Morgan fingerprint density at radius 3 is 3.05 bits per heavy atom. The summed E-state index contributed by atoms with van der Waals surface area (Å²) in [5.74, 6) is 5.31. The van der Waals surface area contributed by atoms with Crippen molar-refractivity contribution in [3.8, 4) is 11.8 Å². The molecule has 2 N–H and O–H groups in total. The highest BCUT2D eigenvalue weighted by Crippen LogP contribution is 2.24. The number of hydrogen-bond acceptors (Lipinski definition) is 3. The van der Waals surface area contributed by atoms with Crippen LogP contribution in [0.4, 0.5) is 4.39 Å². The zero-order chi connectivity index (χ0) is 15.1. The summed E-state index contributed by atoms with van der Waals surface area (Å²) >= 11 is 1.86. The average molecular weight is 307 g/mol. The van der Waals surface area contributed by atoms with Crippen molar-refractivity contribution in [1.82, 2.24) is 5.32 Å². The summed E-state index contributed by atoms with van der Waals surface area (Å²) in [6.07, 6.45) is 3.51. The van der Waals surface area contributed by atoms with Crippen molar-refractivity contribution < 1.29 is 14.3 Å². The van der Waals surface area contributed by atoms with Gasteiger partial charge in [0.05, 0.1) is 5.56 Å². The van der Waals surface area contributed by atoms with Crippen LogP contribution in [0.15, 0.2) is 18.2 Å². The third-order valence-electron chi connectivity index (χ3n) is 3.29. The number of carbonyl (C=O) groups excluding carboxylic acids is 1. The molecule has 1 aromatic carbocycles. The minimum atomic E-state index is -0.557. The Labute approximate surface area is 128 Å². The molecule has 0 aromatic heterocycles. The second-order valence-electron chi connectivity index (χ2n) is 4.85. The Hall–Kier alpha value is -1.51.